The Morgan fingerprint density at radius 1 is 1.80 bits per heavy atom. The third-order valence-corrected chi connectivity index (χ3v) is 1.68. The Kier molecular flexibility index (Phi) is 1.92. The lowest BCUT2D eigenvalue weighted by atomic mass is 9.93. The molecule has 0 bridgehead atoms. The van der Waals surface area contributed by atoms with Crippen molar-refractivity contribution in [2.45, 2.75) is 12.0 Å². The summed E-state index contributed by atoms with van der Waals surface area (Å²) in [6.45, 7) is 1.06. The second-order valence-electron chi connectivity index (χ2n) is 2.68. The monoisotopic (exact) mass is 144 g/mol. The van der Waals surface area contributed by atoms with Crippen molar-refractivity contribution in [1.29, 1.82) is 0 Å². The van der Waals surface area contributed by atoms with Gasteiger partial charge in [-0.15, -0.1) is 0 Å². The predicted molar refractivity (Wildman–Crippen MR) is 36.5 cm³/mol. The van der Waals surface area contributed by atoms with Crippen molar-refractivity contribution in [2.75, 3.05) is 20.1 Å². The van der Waals surface area contributed by atoms with Gasteiger partial charge in [0.1, 0.15) is 0 Å². The van der Waals surface area contributed by atoms with E-state index in [4.69, 9.17) is 0 Å². The molecular weight excluding hydrogens is 132 g/mol. The Morgan fingerprint density at radius 3 is 2.70 bits per heavy atom. The van der Waals surface area contributed by atoms with Crippen LogP contribution in [0.4, 0.5) is 0 Å². The lowest BCUT2D eigenvalue weighted by Gasteiger charge is -2.36. The lowest BCUT2D eigenvalue weighted by Crippen LogP contribution is -2.60. The first-order chi connectivity index (χ1) is 4.66. The van der Waals surface area contributed by atoms with E-state index in [0.717, 1.165) is 0 Å². The van der Waals surface area contributed by atoms with Gasteiger partial charge >= 0.3 is 0 Å². The number of rotatable bonds is 2. The zero-order valence-electron chi connectivity index (χ0n) is 5.98. The van der Waals surface area contributed by atoms with Crippen LogP contribution in [0.2, 0.25) is 0 Å². The fourth-order valence-corrected chi connectivity index (χ4v) is 0.926. The van der Waals surface area contributed by atoms with Gasteiger partial charge in [-0.3, -0.25) is 4.79 Å². The van der Waals surface area contributed by atoms with Crippen molar-refractivity contribution in [2.24, 2.45) is 0 Å². The number of carbonyl (C=O) groups excluding carboxylic acids is 1. The van der Waals surface area contributed by atoms with Crippen LogP contribution in [0.5, 0.6) is 0 Å². The molecule has 10 heavy (non-hydrogen) atoms. The first-order valence-corrected chi connectivity index (χ1v) is 3.30. The molecule has 0 aliphatic carbocycles. The summed E-state index contributed by atoms with van der Waals surface area (Å²) in [6, 6.07) is 0. The highest BCUT2D eigenvalue weighted by molar-refractivity contribution is 5.76. The van der Waals surface area contributed by atoms with Gasteiger partial charge in [-0.2, -0.15) is 0 Å². The molecule has 1 heterocycles. The quantitative estimate of drug-likeness (QED) is 0.440. The van der Waals surface area contributed by atoms with Gasteiger partial charge in [0.15, 0.2) is 0 Å². The first kappa shape index (κ1) is 7.50. The SMILES string of the molecule is CNC(=O)CC1(O)CNC1. The molecule has 4 nitrogen and oxygen atoms in total. The van der Waals surface area contributed by atoms with E-state index in [1.165, 1.54) is 0 Å². The topological polar surface area (TPSA) is 61.4 Å². The van der Waals surface area contributed by atoms with Crippen molar-refractivity contribution in [3.05, 3.63) is 0 Å². The molecule has 0 radical (unpaired) electrons. The molecule has 4 heteroatoms. The third kappa shape index (κ3) is 1.46. The Labute approximate surface area is 59.6 Å². The Morgan fingerprint density at radius 2 is 2.40 bits per heavy atom. The van der Waals surface area contributed by atoms with Crippen LogP contribution < -0.4 is 10.6 Å². The maximum atomic E-state index is 10.7. The minimum Gasteiger partial charge on any atom is -0.387 e. The number of aliphatic hydroxyl groups is 1. The zero-order chi connectivity index (χ0) is 7.61. The average molecular weight is 144 g/mol. The van der Waals surface area contributed by atoms with Crippen LogP contribution in [-0.2, 0) is 4.79 Å². The molecule has 3 N–H and O–H groups in total. The maximum Gasteiger partial charge on any atom is 0.222 e. The van der Waals surface area contributed by atoms with Crippen LogP contribution in [0, 0.1) is 0 Å². The minimum atomic E-state index is -0.778. The molecular formula is C6H12N2O2. The van der Waals surface area contributed by atoms with Crippen molar-refractivity contribution in [3.8, 4) is 0 Å². The van der Waals surface area contributed by atoms with Crippen molar-refractivity contribution in [3.63, 3.8) is 0 Å². The van der Waals surface area contributed by atoms with Crippen molar-refractivity contribution >= 4 is 5.91 Å². The van der Waals surface area contributed by atoms with E-state index in [1.54, 1.807) is 7.05 Å². The fraction of sp³-hybridized carbons (Fsp3) is 0.833. The van der Waals surface area contributed by atoms with E-state index in [2.05, 4.69) is 10.6 Å². The van der Waals surface area contributed by atoms with Gasteiger partial charge in [-0.05, 0) is 0 Å². The van der Waals surface area contributed by atoms with E-state index in [0.29, 0.717) is 13.1 Å². The fourth-order valence-electron chi connectivity index (χ4n) is 0.926. The van der Waals surface area contributed by atoms with Crippen LogP contribution in [-0.4, -0.2) is 36.8 Å². The Hall–Kier alpha value is -0.610. The second kappa shape index (κ2) is 2.56. The van der Waals surface area contributed by atoms with Gasteiger partial charge in [-0.1, -0.05) is 0 Å². The number of carbonyl (C=O) groups is 1. The zero-order valence-corrected chi connectivity index (χ0v) is 5.98. The van der Waals surface area contributed by atoms with E-state index in [-0.39, 0.29) is 12.3 Å². The summed E-state index contributed by atoms with van der Waals surface area (Å²) in [4.78, 5) is 10.7. The van der Waals surface area contributed by atoms with Crippen molar-refractivity contribution in [1.82, 2.24) is 10.6 Å². The molecule has 0 aromatic carbocycles. The summed E-state index contributed by atoms with van der Waals surface area (Å²) in [6.07, 6.45) is 0.205. The summed E-state index contributed by atoms with van der Waals surface area (Å²) in [7, 11) is 1.57. The molecule has 58 valence electrons. The summed E-state index contributed by atoms with van der Waals surface area (Å²) in [5.41, 5.74) is -0.778. The molecule has 0 spiro atoms. The maximum absolute atomic E-state index is 10.7. The largest absolute Gasteiger partial charge is 0.387 e. The van der Waals surface area contributed by atoms with E-state index < -0.39 is 5.60 Å². The molecule has 0 aromatic heterocycles. The summed E-state index contributed by atoms with van der Waals surface area (Å²) in [5, 5.41) is 14.8. The van der Waals surface area contributed by atoms with Crippen LogP contribution >= 0.6 is 0 Å². The van der Waals surface area contributed by atoms with E-state index in [9.17, 15) is 9.90 Å². The molecule has 0 aromatic rings. The molecule has 0 atom stereocenters. The number of β-amino-alcohol motifs (C(OH)–C–C–N with tert-alkyl or cyclic N) is 1. The van der Waals surface area contributed by atoms with Gasteiger partial charge in [-0.25, -0.2) is 0 Å². The summed E-state index contributed by atoms with van der Waals surface area (Å²) < 4.78 is 0. The summed E-state index contributed by atoms with van der Waals surface area (Å²) in [5.74, 6) is -0.107. The highest BCUT2D eigenvalue weighted by Gasteiger charge is 2.35. The van der Waals surface area contributed by atoms with Crippen LogP contribution in [0.15, 0.2) is 0 Å². The Balaban J connectivity index is 2.29. The molecule has 1 aliphatic heterocycles. The first-order valence-electron chi connectivity index (χ1n) is 3.30. The van der Waals surface area contributed by atoms with Crippen LogP contribution in [0.3, 0.4) is 0 Å². The molecule has 1 aliphatic rings. The van der Waals surface area contributed by atoms with E-state index >= 15 is 0 Å². The van der Waals surface area contributed by atoms with Gasteiger partial charge in [0.05, 0.1) is 12.0 Å². The van der Waals surface area contributed by atoms with Crippen LogP contribution in [0.1, 0.15) is 6.42 Å². The molecule has 0 unspecified atom stereocenters. The molecule has 1 rings (SSSR count). The molecule has 1 saturated heterocycles. The standard InChI is InChI=1S/C6H12N2O2/c1-7-5(9)2-6(10)3-8-4-6/h8,10H,2-4H2,1H3,(H,7,9). The van der Waals surface area contributed by atoms with Crippen molar-refractivity contribution < 1.29 is 9.90 Å². The highest BCUT2D eigenvalue weighted by Crippen LogP contribution is 2.14. The average Bonchev–Trinajstić information content (AvgIpc) is 1.84. The number of hydrogen-bond donors (Lipinski definition) is 3. The number of hydrogen-bond acceptors (Lipinski definition) is 3. The molecule has 1 fully saturated rings. The van der Waals surface area contributed by atoms with Gasteiger partial charge in [0.2, 0.25) is 5.91 Å². The third-order valence-electron chi connectivity index (χ3n) is 1.68. The normalized spacial score (nSPS) is 21.4. The van der Waals surface area contributed by atoms with Gasteiger partial charge in [0, 0.05) is 20.1 Å². The summed E-state index contributed by atoms with van der Waals surface area (Å²) >= 11 is 0. The van der Waals surface area contributed by atoms with E-state index in [1.807, 2.05) is 0 Å². The van der Waals surface area contributed by atoms with Gasteiger partial charge < -0.3 is 15.7 Å². The Bertz CT molecular complexity index is 143. The number of nitrogens with one attached hydrogen (secondary N) is 2. The highest BCUT2D eigenvalue weighted by atomic mass is 16.3. The molecule has 0 saturated carbocycles. The predicted octanol–water partition coefficient (Wildman–Crippen LogP) is -1.54. The minimum absolute atomic E-state index is 0.107. The van der Waals surface area contributed by atoms with Gasteiger partial charge in [0.25, 0.3) is 0 Å². The molecule has 1 amide bonds. The number of amides is 1. The second-order valence-corrected chi connectivity index (χ2v) is 2.68. The smallest absolute Gasteiger partial charge is 0.222 e. The lowest BCUT2D eigenvalue weighted by molar-refractivity contribution is -0.127. The van der Waals surface area contributed by atoms with Crippen LogP contribution in [0.25, 0.3) is 0 Å².